The van der Waals surface area contributed by atoms with Gasteiger partial charge in [0.15, 0.2) is 0 Å². The summed E-state index contributed by atoms with van der Waals surface area (Å²) in [5.74, 6) is 0.873. The lowest BCUT2D eigenvalue weighted by Crippen LogP contribution is -2.26. The summed E-state index contributed by atoms with van der Waals surface area (Å²) in [5, 5.41) is 0. The summed E-state index contributed by atoms with van der Waals surface area (Å²) in [6.07, 6.45) is 0. The Morgan fingerprint density at radius 2 is 2.06 bits per heavy atom. The van der Waals surface area contributed by atoms with E-state index in [2.05, 4.69) is 24.0 Å². The van der Waals surface area contributed by atoms with Gasteiger partial charge in [-0.05, 0) is 18.2 Å². The second-order valence-corrected chi connectivity index (χ2v) is 4.21. The summed E-state index contributed by atoms with van der Waals surface area (Å²) in [5.41, 5.74) is 7.94. The normalized spacial score (nSPS) is 10.9. The average Bonchev–Trinajstić information content (AvgIpc) is 2.43. The van der Waals surface area contributed by atoms with Gasteiger partial charge in [0.2, 0.25) is 0 Å². The molecule has 2 N–H and O–H groups in total. The van der Waals surface area contributed by atoms with E-state index in [1.54, 1.807) is 14.2 Å². The van der Waals surface area contributed by atoms with Crippen molar-refractivity contribution >= 4 is 0 Å². The Kier molecular flexibility index (Phi) is 6.72. The molecule has 0 saturated carbocycles. The molecule has 0 radical (unpaired) electrons. The first-order chi connectivity index (χ1) is 8.74. The van der Waals surface area contributed by atoms with Gasteiger partial charge < -0.3 is 15.2 Å². The Balaban J connectivity index is 2.71. The van der Waals surface area contributed by atoms with Crippen molar-refractivity contribution in [1.29, 1.82) is 0 Å². The first kappa shape index (κ1) is 15.0. The molecular formula is C14H24N2O2. The highest BCUT2D eigenvalue weighted by molar-refractivity contribution is 5.37. The van der Waals surface area contributed by atoms with Crippen molar-refractivity contribution in [3.63, 3.8) is 0 Å². The molecule has 4 nitrogen and oxygen atoms in total. The molecule has 0 amide bonds. The Morgan fingerprint density at radius 3 is 2.61 bits per heavy atom. The molecule has 0 atom stereocenters. The van der Waals surface area contributed by atoms with Gasteiger partial charge in [0.05, 0.1) is 13.7 Å². The van der Waals surface area contributed by atoms with E-state index in [0.717, 1.165) is 37.6 Å². The SMILES string of the molecule is CCN(CCOC)Cc1ccc(CN)c(OC)c1. The number of nitrogens with two attached hydrogens (primary N) is 1. The van der Waals surface area contributed by atoms with Gasteiger partial charge in [-0.2, -0.15) is 0 Å². The number of hydrogen-bond acceptors (Lipinski definition) is 4. The number of methoxy groups -OCH3 is 2. The zero-order chi connectivity index (χ0) is 13.4. The van der Waals surface area contributed by atoms with E-state index in [-0.39, 0.29) is 0 Å². The van der Waals surface area contributed by atoms with E-state index in [0.29, 0.717) is 6.54 Å². The lowest BCUT2D eigenvalue weighted by atomic mass is 10.1. The van der Waals surface area contributed by atoms with Crippen molar-refractivity contribution in [2.75, 3.05) is 33.9 Å². The summed E-state index contributed by atoms with van der Waals surface area (Å²) < 4.78 is 10.5. The number of rotatable bonds is 8. The average molecular weight is 252 g/mol. The van der Waals surface area contributed by atoms with E-state index < -0.39 is 0 Å². The van der Waals surface area contributed by atoms with Crippen LogP contribution in [0.2, 0.25) is 0 Å². The molecule has 0 fully saturated rings. The molecule has 102 valence electrons. The molecule has 0 unspecified atom stereocenters. The van der Waals surface area contributed by atoms with E-state index in [1.165, 1.54) is 5.56 Å². The van der Waals surface area contributed by atoms with Crippen LogP contribution in [0, 0.1) is 0 Å². The van der Waals surface area contributed by atoms with Crippen molar-refractivity contribution in [3.05, 3.63) is 29.3 Å². The lowest BCUT2D eigenvalue weighted by Gasteiger charge is -2.20. The number of likely N-dealkylation sites (N-methyl/N-ethyl adjacent to an activating group) is 1. The fourth-order valence-corrected chi connectivity index (χ4v) is 1.88. The molecule has 0 saturated heterocycles. The van der Waals surface area contributed by atoms with E-state index in [1.807, 2.05) is 6.07 Å². The van der Waals surface area contributed by atoms with Crippen LogP contribution in [0.1, 0.15) is 18.1 Å². The minimum Gasteiger partial charge on any atom is -0.496 e. The Bertz CT molecular complexity index is 356. The highest BCUT2D eigenvalue weighted by Crippen LogP contribution is 2.20. The van der Waals surface area contributed by atoms with E-state index >= 15 is 0 Å². The topological polar surface area (TPSA) is 47.7 Å². The third-order valence-corrected chi connectivity index (χ3v) is 3.04. The van der Waals surface area contributed by atoms with E-state index in [4.69, 9.17) is 15.2 Å². The third-order valence-electron chi connectivity index (χ3n) is 3.04. The zero-order valence-corrected chi connectivity index (χ0v) is 11.6. The van der Waals surface area contributed by atoms with Gasteiger partial charge >= 0.3 is 0 Å². The molecule has 4 heteroatoms. The van der Waals surface area contributed by atoms with Crippen LogP contribution in [0.25, 0.3) is 0 Å². The third kappa shape index (κ3) is 4.29. The molecule has 18 heavy (non-hydrogen) atoms. The van der Waals surface area contributed by atoms with Gasteiger partial charge in [-0.25, -0.2) is 0 Å². The maximum absolute atomic E-state index is 5.66. The molecule has 0 bridgehead atoms. The molecule has 0 aliphatic heterocycles. The fourth-order valence-electron chi connectivity index (χ4n) is 1.88. The predicted molar refractivity (Wildman–Crippen MR) is 73.7 cm³/mol. The molecular weight excluding hydrogens is 228 g/mol. The van der Waals surface area contributed by atoms with E-state index in [9.17, 15) is 0 Å². The molecule has 0 aliphatic rings. The van der Waals surface area contributed by atoms with Gasteiger partial charge in [-0.1, -0.05) is 19.1 Å². The monoisotopic (exact) mass is 252 g/mol. The van der Waals surface area contributed by atoms with Crippen molar-refractivity contribution in [3.8, 4) is 5.75 Å². The van der Waals surface area contributed by atoms with Gasteiger partial charge in [0, 0.05) is 32.3 Å². The number of hydrogen-bond donors (Lipinski definition) is 1. The molecule has 1 rings (SSSR count). The van der Waals surface area contributed by atoms with Crippen LogP contribution in [-0.4, -0.2) is 38.8 Å². The minimum absolute atomic E-state index is 0.505. The van der Waals surface area contributed by atoms with Crippen molar-refractivity contribution in [1.82, 2.24) is 4.90 Å². The smallest absolute Gasteiger partial charge is 0.123 e. The Morgan fingerprint density at radius 1 is 1.28 bits per heavy atom. The Hall–Kier alpha value is -1.10. The van der Waals surface area contributed by atoms with Gasteiger partial charge in [0.25, 0.3) is 0 Å². The van der Waals surface area contributed by atoms with Crippen LogP contribution in [0.15, 0.2) is 18.2 Å². The number of ether oxygens (including phenoxy) is 2. The fraction of sp³-hybridized carbons (Fsp3) is 0.571. The second kappa shape index (κ2) is 8.08. The lowest BCUT2D eigenvalue weighted by molar-refractivity contribution is 0.147. The molecule has 1 aromatic carbocycles. The maximum Gasteiger partial charge on any atom is 0.123 e. The van der Waals surface area contributed by atoms with Crippen LogP contribution in [0.4, 0.5) is 0 Å². The molecule has 0 spiro atoms. The number of benzene rings is 1. The van der Waals surface area contributed by atoms with Crippen molar-refractivity contribution < 1.29 is 9.47 Å². The van der Waals surface area contributed by atoms with Crippen LogP contribution >= 0.6 is 0 Å². The van der Waals surface area contributed by atoms with Gasteiger partial charge in [0.1, 0.15) is 5.75 Å². The molecule has 0 aliphatic carbocycles. The van der Waals surface area contributed by atoms with Crippen LogP contribution in [0.5, 0.6) is 5.75 Å². The van der Waals surface area contributed by atoms with Crippen LogP contribution < -0.4 is 10.5 Å². The summed E-state index contributed by atoms with van der Waals surface area (Å²) in [4.78, 5) is 2.33. The molecule has 0 aromatic heterocycles. The Labute approximate surface area is 110 Å². The largest absolute Gasteiger partial charge is 0.496 e. The van der Waals surface area contributed by atoms with Crippen molar-refractivity contribution in [2.45, 2.75) is 20.0 Å². The summed E-state index contributed by atoms with van der Waals surface area (Å²) in [6, 6.07) is 6.22. The predicted octanol–water partition coefficient (Wildman–Crippen LogP) is 1.62. The first-order valence-electron chi connectivity index (χ1n) is 6.32. The molecule has 0 heterocycles. The maximum atomic E-state index is 5.66. The van der Waals surface area contributed by atoms with Crippen LogP contribution in [-0.2, 0) is 17.8 Å². The van der Waals surface area contributed by atoms with Gasteiger partial charge in [-0.3, -0.25) is 4.90 Å². The zero-order valence-electron chi connectivity index (χ0n) is 11.6. The standard InChI is InChI=1S/C14H24N2O2/c1-4-16(7-8-17-2)11-12-5-6-13(10-15)14(9-12)18-3/h5-6,9H,4,7-8,10-11,15H2,1-3H3. The number of nitrogens with zero attached hydrogens (tertiary/aromatic N) is 1. The van der Waals surface area contributed by atoms with Crippen molar-refractivity contribution in [2.24, 2.45) is 5.73 Å². The highest BCUT2D eigenvalue weighted by Gasteiger charge is 2.07. The highest BCUT2D eigenvalue weighted by atomic mass is 16.5. The first-order valence-corrected chi connectivity index (χ1v) is 6.32. The van der Waals surface area contributed by atoms with Crippen LogP contribution in [0.3, 0.4) is 0 Å². The quantitative estimate of drug-likeness (QED) is 0.764. The second-order valence-electron chi connectivity index (χ2n) is 4.21. The van der Waals surface area contributed by atoms with Gasteiger partial charge in [-0.15, -0.1) is 0 Å². The summed E-state index contributed by atoms with van der Waals surface area (Å²) in [7, 11) is 3.41. The minimum atomic E-state index is 0.505. The summed E-state index contributed by atoms with van der Waals surface area (Å²) in [6.45, 7) is 6.26. The summed E-state index contributed by atoms with van der Waals surface area (Å²) >= 11 is 0. The molecule has 1 aromatic rings.